The Bertz CT molecular complexity index is 648. The van der Waals surface area contributed by atoms with Crippen LogP contribution in [0.25, 0.3) is 11.4 Å². The second-order valence-electron chi connectivity index (χ2n) is 6.58. The van der Waals surface area contributed by atoms with E-state index in [9.17, 15) is 0 Å². The molecule has 1 aromatic heterocycles. The molecular formula is C16H21BN2O2. The van der Waals surface area contributed by atoms with Crippen LogP contribution in [0.3, 0.4) is 0 Å². The summed E-state index contributed by atoms with van der Waals surface area (Å²) in [6.07, 6.45) is 3.74. The van der Waals surface area contributed by atoms with Crippen molar-refractivity contribution < 1.29 is 9.31 Å². The molecule has 3 rings (SSSR count). The second kappa shape index (κ2) is 4.72. The lowest BCUT2D eigenvalue weighted by atomic mass is 9.78. The molecule has 1 aliphatic heterocycles. The van der Waals surface area contributed by atoms with Gasteiger partial charge in [0.25, 0.3) is 0 Å². The van der Waals surface area contributed by atoms with Crippen molar-refractivity contribution in [2.75, 3.05) is 0 Å². The Morgan fingerprint density at radius 1 is 1.10 bits per heavy atom. The van der Waals surface area contributed by atoms with Crippen molar-refractivity contribution in [3.05, 3.63) is 36.7 Å². The fourth-order valence-corrected chi connectivity index (χ4v) is 2.45. The summed E-state index contributed by atoms with van der Waals surface area (Å²) in [5.41, 5.74) is 1.44. The highest BCUT2D eigenvalue weighted by atomic mass is 16.7. The maximum Gasteiger partial charge on any atom is 0.494 e. The molecule has 0 saturated carbocycles. The molecule has 0 unspecified atom stereocenters. The molecule has 110 valence electrons. The van der Waals surface area contributed by atoms with E-state index in [1.807, 2.05) is 29.9 Å². The number of hydrogen-bond donors (Lipinski definition) is 0. The molecule has 2 heterocycles. The molecule has 5 heteroatoms. The summed E-state index contributed by atoms with van der Waals surface area (Å²) in [7, 11) is 1.65. The van der Waals surface area contributed by atoms with Gasteiger partial charge < -0.3 is 13.9 Å². The predicted octanol–water partition coefficient (Wildman–Crippen LogP) is 2.39. The largest absolute Gasteiger partial charge is 0.494 e. The summed E-state index contributed by atoms with van der Waals surface area (Å²) in [4.78, 5) is 4.39. The van der Waals surface area contributed by atoms with E-state index in [4.69, 9.17) is 9.31 Å². The van der Waals surface area contributed by atoms with Crippen molar-refractivity contribution in [3.8, 4) is 11.4 Å². The zero-order valence-electron chi connectivity index (χ0n) is 13.3. The molecule has 4 nitrogen and oxygen atoms in total. The van der Waals surface area contributed by atoms with Crippen LogP contribution in [0.15, 0.2) is 36.7 Å². The van der Waals surface area contributed by atoms with Gasteiger partial charge in [-0.1, -0.05) is 24.3 Å². The van der Waals surface area contributed by atoms with E-state index in [1.165, 1.54) is 0 Å². The summed E-state index contributed by atoms with van der Waals surface area (Å²) < 4.78 is 14.2. The molecule has 1 aliphatic rings. The van der Waals surface area contributed by atoms with Gasteiger partial charge in [-0.05, 0) is 33.2 Å². The second-order valence-corrected chi connectivity index (χ2v) is 6.58. The van der Waals surface area contributed by atoms with Gasteiger partial charge in [-0.25, -0.2) is 4.98 Å². The van der Waals surface area contributed by atoms with Crippen LogP contribution < -0.4 is 5.46 Å². The summed E-state index contributed by atoms with van der Waals surface area (Å²) in [5.74, 6) is 0.938. The van der Waals surface area contributed by atoms with Crippen molar-refractivity contribution in [2.24, 2.45) is 7.05 Å². The van der Waals surface area contributed by atoms with E-state index < -0.39 is 0 Å². The van der Waals surface area contributed by atoms with Gasteiger partial charge in [-0.2, -0.15) is 0 Å². The van der Waals surface area contributed by atoms with Crippen LogP contribution in [0.5, 0.6) is 0 Å². The molecule has 0 amide bonds. The Morgan fingerprint density at radius 2 is 1.76 bits per heavy atom. The Kier molecular flexibility index (Phi) is 3.22. The number of hydrogen-bond acceptors (Lipinski definition) is 3. The maximum absolute atomic E-state index is 6.10. The Labute approximate surface area is 126 Å². The smallest absolute Gasteiger partial charge is 0.399 e. The first-order chi connectivity index (χ1) is 9.80. The maximum atomic E-state index is 6.10. The van der Waals surface area contributed by atoms with Crippen molar-refractivity contribution >= 4 is 12.6 Å². The Morgan fingerprint density at radius 3 is 2.33 bits per heavy atom. The van der Waals surface area contributed by atoms with E-state index in [0.717, 1.165) is 16.9 Å². The van der Waals surface area contributed by atoms with Gasteiger partial charge in [0, 0.05) is 25.0 Å². The van der Waals surface area contributed by atoms with Crippen LogP contribution >= 0.6 is 0 Å². The number of aromatic nitrogens is 2. The molecule has 1 saturated heterocycles. The van der Waals surface area contributed by atoms with Crippen molar-refractivity contribution in [3.63, 3.8) is 0 Å². The minimum Gasteiger partial charge on any atom is -0.399 e. The fourth-order valence-electron chi connectivity index (χ4n) is 2.45. The molecule has 0 bridgehead atoms. The molecule has 0 N–H and O–H groups in total. The van der Waals surface area contributed by atoms with Crippen LogP contribution in [0.1, 0.15) is 27.7 Å². The number of nitrogens with zero attached hydrogens (tertiary/aromatic N) is 2. The summed E-state index contributed by atoms with van der Waals surface area (Å²) in [5, 5.41) is 0. The molecule has 0 spiro atoms. The number of rotatable bonds is 2. The quantitative estimate of drug-likeness (QED) is 0.794. The van der Waals surface area contributed by atoms with Gasteiger partial charge in [-0.3, -0.25) is 0 Å². The van der Waals surface area contributed by atoms with Gasteiger partial charge in [0.05, 0.1) is 11.2 Å². The molecule has 1 fully saturated rings. The number of imidazole rings is 1. The van der Waals surface area contributed by atoms with Gasteiger partial charge in [0.2, 0.25) is 0 Å². The van der Waals surface area contributed by atoms with Crippen molar-refractivity contribution in [1.29, 1.82) is 0 Å². The SMILES string of the molecule is Cn1ccnc1-c1cccc(B2OC(C)(C)C(C)(C)O2)c1. The summed E-state index contributed by atoms with van der Waals surface area (Å²) in [6, 6.07) is 8.19. The van der Waals surface area contributed by atoms with Crippen LogP contribution in [0, 0.1) is 0 Å². The highest BCUT2D eigenvalue weighted by Crippen LogP contribution is 2.36. The molecule has 2 aromatic rings. The lowest BCUT2D eigenvalue weighted by Crippen LogP contribution is -2.41. The third-order valence-electron chi connectivity index (χ3n) is 4.49. The van der Waals surface area contributed by atoms with Crippen LogP contribution in [-0.2, 0) is 16.4 Å². The zero-order chi connectivity index (χ0) is 15.3. The molecular weight excluding hydrogens is 263 g/mol. The monoisotopic (exact) mass is 284 g/mol. The number of benzene rings is 1. The fraction of sp³-hybridized carbons (Fsp3) is 0.438. The topological polar surface area (TPSA) is 36.3 Å². The number of aryl methyl sites for hydroxylation is 1. The Balaban J connectivity index is 1.94. The van der Waals surface area contributed by atoms with E-state index in [0.29, 0.717) is 0 Å². The van der Waals surface area contributed by atoms with Gasteiger partial charge in [0.1, 0.15) is 5.82 Å². The molecule has 21 heavy (non-hydrogen) atoms. The molecule has 0 atom stereocenters. The van der Waals surface area contributed by atoms with Crippen LogP contribution in [0.4, 0.5) is 0 Å². The summed E-state index contributed by atoms with van der Waals surface area (Å²) >= 11 is 0. The average Bonchev–Trinajstić information content (AvgIpc) is 2.92. The first-order valence-electron chi connectivity index (χ1n) is 7.23. The summed E-state index contributed by atoms with van der Waals surface area (Å²) in [6.45, 7) is 8.26. The van der Waals surface area contributed by atoms with Gasteiger partial charge in [0.15, 0.2) is 0 Å². The first kappa shape index (κ1) is 14.4. The van der Waals surface area contributed by atoms with Crippen LogP contribution in [0.2, 0.25) is 0 Å². The average molecular weight is 284 g/mol. The zero-order valence-corrected chi connectivity index (χ0v) is 13.3. The molecule has 0 aliphatic carbocycles. The van der Waals surface area contributed by atoms with E-state index in [2.05, 4.69) is 44.8 Å². The molecule has 1 aromatic carbocycles. The molecule has 0 radical (unpaired) electrons. The van der Waals surface area contributed by atoms with E-state index in [1.54, 1.807) is 6.20 Å². The lowest BCUT2D eigenvalue weighted by molar-refractivity contribution is 0.00578. The van der Waals surface area contributed by atoms with Gasteiger partial charge >= 0.3 is 7.12 Å². The third kappa shape index (κ3) is 2.41. The van der Waals surface area contributed by atoms with Gasteiger partial charge in [-0.15, -0.1) is 0 Å². The third-order valence-corrected chi connectivity index (χ3v) is 4.49. The minimum absolute atomic E-state index is 0.323. The standard InChI is InChI=1S/C16H21BN2O2/c1-15(2)16(3,4)21-17(20-15)13-8-6-7-12(11-13)14-18-9-10-19(14)5/h6-11H,1-5H3. The normalized spacial score (nSPS) is 20.0. The van der Waals surface area contributed by atoms with Crippen molar-refractivity contribution in [2.45, 2.75) is 38.9 Å². The van der Waals surface area contributed by atoms with Crippen molar-refractivity contribution in [1.82, 2.24) is 9.55 Å². The highest BCUT2D eigenvalue weighted by molar-refractivity contribution is 6.62. The predicted molar refractivity (Wildman–Crippen MR) is 84.4 cm³/mol. The van der Waals surface area contributed by atoms with E-state index >= 15 is 0 Å². The van der Waals surface area contributed by atoms with Crippen LogP contribution in [-0.4, -0.2) is 27.9 Å². The Hall–Kier alpha value is -1.59. The van der Waals surface area contributed by atoms with E-state index in [-0.39, 0.29) is 18.3 Å². The lowest BCUT2D eigenvalue weighted by Gasteiger charge is -2.32. The minimum atomic E-state index is -0.338. The first-order valence-corrected chi connectivity index (χ1v) is 7.23. The highest BCUT2D eigenvalue weighted by Gasteiger charge is 2.51.